The molecule has 0 fully saturated rings. The van der Waals surface area contributed by atoms with Gasteiger partial charge in [0.2, 0.25) is 0 Å². The van der Waals surface area contributed by atoms with Crippen LogP contribution in [-0.2, 0) is 21.9 Å². The number of carboxylic acid groups (broad SMARTS) is 1. The van der Waals surface area contributed by atoms with E-state index in [4.69, 9.17) is 5.11 Å². The molecule has 0 bridgehead atoms. The molecule has 0 saturated carbocycles. The molecule has 0 saturated heterocycles. The Morgan fingerprint density at radius 3 is 2.42 bits per heavy atom. The van der Waals surface area contributed by atoms with Crippen LogP contribution in [-0.4, -0.2) is 45.4 Å². The SMILES string of the molecule is Cn1cnc(S(=O)(=O)N(CCC(=O)O)C(C)(C)C)c1. The highest BCUT2D eigenvalue weighted by atomic mass is 32.2. The first-order chi connectivity index (χ1) is 8.55. The summed E-state index contributed by atoms with van der Waals surface area (Å²) in [7, 11) is -2.12. The molecule has 1 heterocycles. The maximum Gasteiger partial charge on any atom is 0.304 e. The van der Waals surface area contributed by atoms with Gasteiger partial charge in [-0.3, -0.25) is 4.79 Å². The minimum atomic E-state index is -3.80. The van der Waals surface area contributed by atoms with E-state index < -0.39 is 21.5 Å². The molecular formula is C11H19N3O4S. The fourth-order valence-corrected chi connectivity index (χ4v) is 3.41. The minimum absolute atomic E-state index is 0.0738. The highest BCUT2D eigenvalue weighted by Crippen LogP contribution is 2.23. The van der Waals surface area contributed by atoms with Crippen molar-refractivity contribution in [2.45, 2.75) is 37.8 Å². The van der Waals surface area contributed by atoms with Gasteiger partial charge in [0.25, 0.3) is 10.0 Å². The molecule has 108 valence electrons. The summed E-state index contributed by atoms with van der Waals surface area (Å²) in [6.07, 6.45) is 2.54. The molecule has 8 heteroatoms. The molecule has 0 amide bonds. The van der Waals surface area contributed by atoms with Crippen molar-refractivity contribution in [3.05, 3.63) is 12.5 Å². The van der Waals surface area contributed by atoms with Gasteiger partial charge in [0, 0.05) is 25.3 Å². The van der Waals surface area contributed by atoms with Crippen molar-refractivity contribution in [3.8, 4) is 0 Å². The molecule has 0 aliphatic carbocycles. The van der Waals surface area contributed by atoms with Gasteiger partial charge in [-0.25, -0.2) is 13.4 Å². The molecule has 19 heavy (non-hydrogen) atoms. The van der Waals surface area contributed by atoms with Gasteiger partial charge in [0.15, 0.2) is 5.03 Å². The zero-order valence-corrected chi connectivity index (χ0v) is 12.3. The minimum Gasteiger partial charge on any atom is -0.481 e. The Bertz CT molecular complexity index is 557. The number of aryl methyl sites for hydroxylation is 1. The summed E-state index contributed by atoms with van der Waals surface area (Å²) in [6.45, 7) is 5.07. The Hall–Kier alpha value is -1.41. The summed E-state index contributed by atoms with van der Waals surface area (Å²) in [5.41, 5.74) is -0.716. The van der Waals surface area contributed by atoms with Crippen LogP contribution >= 0.6 is 0 Å². The lowest BCUT2D eigenvalue weighted by molar-refractivity contribution is -0.137. The third-order valence-electron chi connectivity index (χ3n) is 2.51. The molecule has 7 nitrogen and oxygen atoms in total. The van der Waals surface area contributed by atoms with E-state index in [-0.39, 0.29) is 18.0 Å². The largest absolute Gasteiger partial charge is 0.481 e. The van der Waals surface area contributed by atoms with Gasteiger partial charge in [0.1, 0.15) is 0 Å². The smallest absolute Gasteiger partial charge is 0.304 e. The Labute approximate surface area is 112 Å². The van der Waals surface area contributed by atoms with Crippen LogP contribution in [0.4, 0.5) is 0 Å². The van der Waals surface area contributed by atoms with Crippen LogP contribution < -0.4 is 0 Å². The summed E-state index contributed by atoms with van der Waals surface area (Å²) in [6, 6.07) is 0. The fraction of sp³-hybridized carbons (Fsp3) is 0.636. The van der Waals surface area contributed by atoms with Crippen LogP contribution in [0.2, 0.25) is 0 Å². The molecule has 0 atom stereocenters. The zero-order valence-electron chi connectivity index (χ0n) is 11.5. The van der Waals surface area contributed by atoms with Crippen LogP contribution in [0.1, 0.15) is 27.2 Å². The number of nitrogens with zero attached hydrogens (tertiary/aromatic N) is 3. The molecule has 1 rings (SSSR count). The first-order valence-electron chi connectivity index (χ1n) is 5.78. The molecule has 0 unspecified atom stereocenters. The standard InChI is InChI=1S/C11H19N3O4S/c1-11(2,3)14(6-5-10(15)16)19(17,18)9-7-13(4)8-12-9/h7-8H,5-6H2,1-4H3,(H,15,16). The van der Waals surface area contributed by atoms with Crippen LogP contribution in [0, 0.1) is 0 Å². The number of sulfonamides is 1. The number of carbonyl (C=O) groups is 1. The third kappa shape index (κ3) is 3.77. The van der Waals surface area contributed by atoms with Gasteiger partial charge in [-0.05, 0) is 20.8 Å². The third-order valence-corrected chi connectivity index (χ3v) is 4.56. The summed E-state index contributed by atoms with van der Waals surface area (Å²) in [5, 5.41) is 8.65. The second-order valence-electron chi connectivity index (χ2n) is 5.27. The molecule has 0 spiro atoms. The number of hydrogen-bond acceptors (Lipinski definition) is 4. The zero-order chi connectivity index (χ0) is 14.8. The lowest BCUT2D eigenvalue weighted by atomic mass is 10.1. The number of aromatic nitrogens is 2. The van der Waals surface area contributed by atoms with E-state index in [9.17, 15) is 13.2 Å². The van der Waals surface area contributed by atoms with Crippen molar-refractivity contribution < 1.29 is 18.3 Å². The van der Waals surface area contributed by atoms with E-state index in [1.807, 2.05) is 0 Å². The van der Waals surface area contributed by atoms with E-state index in [0.29, 0.717) is 0 Å². The topological polar surface area (TPSA) is 92.5 Å². The van der Waals surface area contributed by atoms with Crippen molar-refractivity contribution in [1.82, 2.24) is 13.9 Å². The van der Waals surface area contributed by atoms with E-state index in [0.717, 1.165) is 4.31 Å². The van der Waals surface area contributed by atoms with Crippen molar-refractivity contribution in [3.63, 3.8) is 0 Å². The van der Waals surface area contributed by atoms with Crippen LogP contribution in [0.3, 0.4) is 0 Å². The van der Waals surface area contributed by atoms with Crippen LogP contribution in [0.15, 0.2) is 17.6 Å². The van der Waals surface area contributed by atoms with Gasteiger partial charge in [0.05, 0.1) is 12.7 Å². The molecule has 1 aromatic heterocycles. The van der Waals surface area contributed by atoms with Gasteiger partial charge < -0.3 is 9.67 Å². The van der Waals surface area contributed by atoms with Crippen LogP contribution in [0.25, 0.3) is 0 Å². The van der Waals surface area contributed by atoms with Gasteiger partial charge in [-0.1, -0.05) is 0 Å². The quantitative estimate of drug-likeness (QED) is 0.860. The Kier molecular flexibility index (Phi) is 4.36. The van der Waals surface area contributed by atoms with Crippen molar-refractivity contribution >= 4 is 16.0 Å². The fourth-order valence-electron chi connectivity index (χ4n) is 1.65. The van der Waals surface area contributed by atoms with Gasteiger partial charge in [-0.2, -0.15) is 4.31 Å². The number of rotatable bonds is 5. The molecule has 1 aromatic rings. The van der Waals surface area contributed by atoms with Crippen molar-refractivity contribution in [2.75, 3.05) is 6.54 Å². The maximum atomic E-state index is 12.5. The number of imidazole rings is 1. The highest BCUT2D eigenvalue weighted by Gasteiger charge is 2.35. The van der Waals surface area contributed by atoms with E-state index in [2.05, 4.69) is 4.98 Å². The average Bonchev–Trinajstić information content (AvgIpc) is 2.62. The average molecular weight is 289 g/mol. The van der Waals surface area contributed by atoms with Crippen molar-refractivity contribution in [1.29, 1.82) is 0 Å². The maximum absolute atomic E-state index is 12.5. The lowest BCUT2D eigenvalue weighted by Gasteiger charge is -2.33. The van der Waals surface area contributed by atoms with E-state index in [1.54, 1.807) is 27.8 Å². The number of hydrogen-bond donors (Lipinski definition) is 1. The van der Waals surface area contributed by atoms with Crippen molar-refractivity contribution in [2.24, 2.45) is 7.05 Å². The lowest BCUT2D eigenvalue weighted by Crippen LogP contribution is -2.46. The molecule has 0 radical (unpaired) electrons. The first-order valence-corrected chi connectivity index (χ1v) is 7.22. The van der Waals surface area contributed by atoms with Gasteiger partial charge >= 0.3 is 5.97 Å². The predicted octanol–water partition coefficient (Wildman–Crippen LogP) is 0.684. The van der Waals surface area contributed by atoms with Gasteiger partial charge in [-0.15, -0.1) is 0 Å². The highest BCUT2D eigenvalue weighted by molar-refractivity contribution is 7.89. The normalized spacial score (nSPS) is 12.9. The Balaban J connectivity index is 3.13. The summed E-state index contributed by atoms with van der Waals surface area (Å²) in [5.74, 6) is -1.04. The second-order valence-corrected chi connectivity index (χ2v) is 7.08. The summed E-state index contributed by atoms with van der Waals surface area (Å²) >= 11 is 0. The van der Waals surface area contributed by atoms with E-state index in [1.165, 1.54) is 17.1 Å². The number of carboxylic acids is 1. The Morgan fingerprint density at radius 2 is 2.05 bits per heavy atom. The van der Waals surface area contributed by atoms with Crippen LogP contribution in [0.5, 0.6) is 0 Å². The molecule has 0 aliphatic rings. The molecule has 0 aliphatic heterocycles. The molecule has 1 N–H and O–H groups in total. The summed E-state index contributed by atoms with van der Waals surface area (Å²) < 4.78 is 27.6. The predicted molar refractivity (Wildman–Crippen MR) is 69.1 cm³/mol. The summed E-state index contributed by atoms with van der Waals surface area (Å²) in [4.78, 5) is 14.5. The van der Waals surface area contributed by atoms with E-state index >= 15 is 0 Å². The second kappa shape index (κ2) is 5.30. The number of aliphatic carboxylic acids is 1. The molecule has 0 aromatic carbocycles. The molecular weight excluding hydrogens is 270 g/mol. The Morgan fingerprint density at radius 1 is 1.47 bits per heavy atom. The first kappa shape index (κ1) is 15.6. The monoisotopic (exact) mass is 289 g/mol.